The number of nitrogens with zero attached hydrogens (tertiary/aromatic N) is 2. The van der Waals surface area contributed by atoms with Gasteiger partial charge in [-0.2, -0.15) is 5.10 Å². The number of ketones is 1. The van der Waals surface area contributed by atoms with Crippen LogP contribution in [0.3, 0.4) is 0 Å². The van der Waals surface area contributed by atoms with Crippen LogP contribution in [0.15, 0.2) is 36.7 Å². The predicted octanol–water partition coefficient (Wildman–Crippen LogP) is 3.29. The zero-order chi connectivity index (χ0) is 12.4. The van der Waals surface area contributed by atoms with Gasteiger partial charge in [-0.15, -0.1) is 0 Å². The summed E-state index contributed by atoms with van der Waals surface area (Å²) in [6.45, 7) is 3.80. The summed E-state index contributed by atoms with van der Waals surface area (Å²) < 4.78 is 1.57. The van der Waals surface area contributed by atoms with Gasteiger partial charge in [0.15, 0.2) is 5.78 Å². The minimum atomic E-state index is -0.342. The van der Waals surface area contributed by atoms with Gasteiger partial charge < -0.3 is 0 Å². The molecule has 2 rings (SSSR count). The molecule has 0 saturated carbocycles. The van der Waals surface area contributed by atoms with Crippen molar-refractivity contribution in [3.05, 3.63) is 52.8 Å². The Hall–Kier alpha value is -1.61. The van der Waals surface area contributed by atoms with Crippen molar-refractivity contribution < 1.29 is 4.79 Å². The van der Waals surface area contributed by atoms with Crippen LogP contribution < -0.4 is 0 Å². The Labute approximate surface area is 105 Å². The van der Waals surface area contributed by atoms with E-state index in [9.17, 15) is 4.79 Å². The molecule has 88 valence electrons. The molecule has 1 aromatic carbocycles. The van der Waals surface area contributed by atoms with Crippen LogP contribution >= 0.6 is 11.6 Å². The molecule has 1 atom stereocenters. The second kappa shape index (κ2) is 4.72. The lowest BCUT2D eigenvalue weighted by Crippen LogP contribution is -2.17. The number of aromatic nitrogens is 2. The molecule has 17 heavy (non-hydrogen) atoms. The van der Waals surface area contributed by atoms with E-state index < -0.39 is 0 Å². The predicted molar refractivity (Wildman–Crippen MR) is 67.5 cm³/mol. The lowest BCUT2D eigenvalue weighted by molar-refractivity contribution is 0.0928. The third-order valence-electron chi connectivity index (χ3n) is 2.68. The average molecular weight is 249 g/mol. The van der Waals surface area contributed by atoms with Crippen LogP contribution in [-0.4, -0.2) is 15.6 Å². The summed E-state index contributed by atoms with van der Waals surface area (Å²) in [6, 6.07) is 7.18. The molecule has 0 aliphatic carbocycles. The SMILES string of the molecule is Cc1ccc(C(=O)[C@@H](C)n2cc(Cl)cn2)cc1. The third kappa shape index (κ3) is 2.56. The first-order valence-corrected chi connectivity index (χ1v) is 5.76. The van der Waals surface area contributed by atoms with E-state index in [1.165, 1.54) is 6.20 Å². The molecule has 0 radical (unpaired) electrons. The summed E-state index contributed by atoms with van der Waals surface area (Å²) in [5, 5.41) is 4.58. The summed E-state index contributed by atoms with van der Waals surface area (Å²) in [6.07, 6.45) is 3.18. The minimum absolute atomic E-state index is 0.0322. The zero-order valence-corrected chi connectivity index (χ0v) is 10.5. The Morgan fingerprint density at radius 3 is 2.53 bits per heavy atom. The Kier molecular flexibility index (Phi) is 3.29. The van der Waals surface area contributed by atoms with Crippen molar-refractivity contribution >= 4 is 17.4 Å². The summed E-state index contributed by atoms with van der Waals surface area (Å²) in [4.78, 5) is 12.2. The highest BCUT2D eigenvalue weighted by Gasteiger charge is 2.17. The molecule has 3 nitrogen and oxygen atoms in total. The Morgan fingerprint density at radius 2 is 2.00 bits per heavy atom. The molecule has 0 aliphatic rings. The molecule has 2 aromatic rings. The van der Waals surface area contributed by atoms with E-state index >= 15 is 0 Å². The van der Waals surface area contributed by atoms with Gasteiger partial charge in [0.05, 0.1) is 11.2 Å². The third-order valence-corrected chi connectivity index (χ3v) is 2.88. The van der Waals surface area contributed by atoms with Crippen molar-refractivity contribution in [1.29, 1.82) is 0 Å². The Bertz CT molecular complexity index is 531. The fourth-order valence-electron chi connectivity index (χ4n) is 1.61. The smallest absolute Gasteiger partial charge is 0.187 e. The van der Waals surface area contributed by atoms with Gasteiger partial charge in [-0.05, 0) is 13.8 Å². The van der Waals surface area contributed by atoms with Crippen LogP contribution in [0.4, 0.5) is 0 Å². The maximum atomic E-state index is 12.2. The minimum Gasteiger partial charge on any atom is -0.292 e. The van der Waals surface area contributed by atoms with Crippen LogP contribution in [0.2, 0.25) is 5.02 Å². The first-order valence-electron chi connectivity index (χ1n) is 5.38. The first kappa shape index (κ1) is 11.9. The summed E-state index contributed by atoms with van der Waals surface area (Å²) in [5.41, 5.74) is 1.83. The van der Waals surface area contributed by atoms with E-state index in [4.69, 9.17) is 11.6 Å². The van der Waals surface area contributed by atoms with Crippen molar-refractivity contribution in [1.82, 2.24) is 9.78 Å². The van der Waals surface area contributed by atoms with Gasteiger partial charge in [-0.3, -0.25) is 9.48 Å². The molecule has 0 amide bonds. The molecule has 0 fully saturated rings. The number of Topliss-reactive ketones (excluding diaryl/α,β-unsaturated/α-hetero) is 1. The van der Waals surface area contributed by atoms with Crippen LogP contribution in [0.5, 0.6) is 0 Å². The van der Waals surface area contributed by atoms with Gasteiger partial charge in [-0.1, -0.05) is 41.4 Å². The quantitative estimate of drug-likeness (QED) is 0.782. The van der Waals surface area contributed by atoms with E-state index in [1.807, 2.05) is 38.1 Å². The van der Waals surface area contributed by atoms with Crippen molar-refractivity contribution in [2.24, 2.45) is 0 Å². The van der Waals surface area contributed by atoms with E-state index in [1.54, 1.807) is 10.9 Å². The second-order valence-corrected chi connectivity index (χ2v) is 4.48. The molecule has 1 aromatic heterocycles. The van der Waals surface area contributed by atoms with Crippen LogP contribution in [0.1, 0.15) is 28.9 Å². The summed E-state index contributed by atoms with van der Waals surface area (Å²) in [5.74, 6) is 0.0322. The number of halogens is 1. The normalized spacial score (nSPS) is 12.4. The van der Waals surface area contributed by atoms with Crippen molar-refractivity contribution in [3.8, 4) is 0 Å². The van der Waals surface area contributed by atoms with E-state index in [0.717, 1.165) is 5.56 Å². The lowest BCUT2D eigenvalue weighted by atomic mass is 10.0. The highest BCUT2D eigenvalue weighted by atomic mass is 35.5. The monoisotopic (exact) mass is 248 g/mol. The number of aryl methyl sites for hydroxylation is 1. The van der Waals surface area contributed by atoms with Gasteiger partial charge in [0, 0.05) is 11.8 Å². The first-order chi connectivity index (χ1) is 8.08. The molecule has 0 spiro atoms. The highest BCUT2D eigenvalue weighted by molar-refractivity contribution is 6.30. The maximum Gasteiger partial charge on any atom is 0.187 e. The van der Waals surface area contributed by atoms with Crippen molar-refractivity contribution in [2.45, 2.75) is 19.9 Å². The van der Waals surface area contributed by atoms with Crippen LogP contribution in [0, 0.1) is 6.92 Å². The van der Waals surface area contributed by atoms with Gasteiger partial charge in [0.2, 0.25) is 0 Å². The topological polar surface area (TPSA) is 34.9 Å². The van der Waals surface area contributed by atoms with E-state index in [0.29, 0.717) is 10.6 Å². The fourth-order valence-corrected chi connectivity index (χ4v) is 1.75. The van der Waals surface area contributed by atoms with Gasteiger partial charge >= 0.3 is 0 Å². The number of rotatable bonds is 3. The number of benzene rings is 1. The fraction of sp³-hybridized carbons (Fsp3) is 0.231. The van der Waals surface area contributed by atoms with Crippen LogP contribution in [-0.2, 0) is 0 Å². The summed E-state index contributed by atoms with van der Waals surface area (Å²) in [7, 11) is 0. The lowest BCUT2D eigenvalue weighted by Gasteiger charge is -2.11. The largest absolute Gasteiger partial charge is 0.292 e. The molecule has 0 aliphatic heterocycles. The molecule has 0 N–H and O–H groups in total. The van der Waals surface area contributed by atoms with Gasteiger partial charge in [0.1, 0.15) is 6.04 Å². The van der Waals surface area contributed by atoms with E-state index in [2.05, 4.69) is 5.10 Å². The van der Waals surface area contributed by atoms with Crippen molar-refractivity contribution in [3.63, 3.8) is 0 Å². The Balaban J connectivity index is 2.23. The molecule has 0 bridgehead atoms. The molecular weight excluding hydrogens is 236 g/mol. The summed E-state index contributed by atoms with van der Waals surface area (Å²) >= 11 is 5.78. The van der Waals surface area contributed by atoms with E-state index in [-0.39, 0.29) is 11.8 Å². The number of carbonyl (C=O) groups is 1. The molecule has 0 saturated heterocycles. The zero-order valence-electron chi connectivity index (χ0n) is 9.72. The number of hydrogen-bond donors (Lipinski definition) is 0. The standard InChI is InChI=1S/C13H13ClN2O/c1-9-3-5-11(6-4-9)13(17)10(2)16-8-12(14)7-15-16/h3-8,10H,1-2H3/t10-/m1/s1. The molecule has 0 unspecified atom stereocenters. The Morgan fingerprint density at radius 1 is 1.35 bits per heavy atom. The molecule has 1 heterocycles. The number of carbonyl (C=O) groups excluding carboxylic acids is 1. The second-order valence-electron chi connectivity index (χ2n) is 4.04. The maximum absolute atomic E-state index is 12.2. The number of hydrogen-bond acceptors (Lipinski definition) is 2. The van der Waals surface area contributed by atoms with Crippen molar-refractivity contribution in [2.75, 3.05) is 0 Å². The van der Waals surface area contributed by atoms with Gasteiger partial charge in [0.25, 0.3) is 0 Å². The highest BCUT2D eigenvalue weighted by Crippen LogP contribution is 2.16. The van der Waals surface area contributed by atoms with Crippen LogP contribution in [0.25, 0.3) is 0 Å². The molecular formula is C13H13ClN2O. The molecule has 4 heteroatoms. The average Bonchev–Trinajstić information content (AvgIpc) is 2.75. The van der Waals surface area contributed by atoms with Gasteiger partial charge in [-0.25, -0.2) is 0 Å².